The fourth-order valence-electron chi connectivity index (χ4n) is 16.2. The van der Waals surface area contributed by atoms with Crippen LogP contribution in [0.3, 0.4) is 0 Å². The van der Waals surface area contributed by atoms with Crippen molar-refractivity contribution >= 4 is 66.8 Å². The molecular weight excluding hydrogens is 1320 g/mol. The Kier molecular flexibility index (Phi) is 22.3. The van der Waals surface area contributed by atoms with Crippen LogP contribution in [-0.4, -0.2) is 154 Å². The quantitative estimate of drug-likeness (QED) is 0.107. The van der Waals surface area contributed by atoms with Gasteiger partial charge in [-0.1, -0.05) is 82.9 Å². The molecule has 4 aliphatic rings. The van der Waals surface area contributed by atoms with E-state index in [4.69, 9.17) is 23.2 Å². The van der Waals surface area contributed by atoms with Crippen LogP contribution in [0.25, 0.3) is 43.6 Å². The Balaban J connectivity index is 0.000000122. The van der Waals surface area contributed by atoms with Gasteiger partial charge >= 0.3 is 0 Å². The number of hydrogen-bond donors (Lipinski definition) is 3. The maximum absolute atomic E-state index is 11.2. The van der Waals surface area contributed by atoms with Gasteiger partial charge in [0.05, 0.1) is 35.2 Å². The van der Waals surface area contributed by atoms with Crippen molar-refractivity contribution in [2.24, 2.45) is 0 Å². The molecule has 16 rings (SSSR count). The highest BCUT2D eigenvalue weighted by Crippen LogP contribution is 2.40. The maximum atomic E-state index is 11.2. The Hall–Kier alpha value is -8.06. The molecule has 15 nitrogen and oxygen atoms in total. The van der Waals surface area contributed by atoms with Crippen LogP contribution in [0, 0.1) is 20.8 Å². The number of aliphatic hydroxyl groups is 3. The van der Waals surface area contributed by atoms with E-state index in [0.29, 0.717) is 19.6 Å². The topological polar surface area (TPSA) is 145 Å². The van der Waals surface area contributed by atoms with Crippen molar-refractivity contribution in [2.75, 3.05) is 80.5 Å². The summed E-state index contributed by atoms with van der Waals surface area (Å²) in [4.78, 5) is 26.4. The van der Waals surface area contributed by atoms with Crippen molar-refractivity contribution in [3.63, 3.8) is 0 Å². The number of halogens is 2. The van der Waals surface area contributed by atoms with E-state index in [-0.39, 0.29) is 0 Å². The van der Waals surface area contributed by atoms with Crippen LogP contribution in [0.5, 0.6) is 0 Å². The van der Waals surface area contributed by atoms with Gasteiger partial charge in [0.1, 0.15) is 16.8 Å². The lowest BCUT2D eigenvalue weighted by Gasteiger charge is -2.26. The highest BCUT2D eigenvalue weighted by molar-refractivity contribution is 6.40. The van der Waals surface area contributed by atoms with Crippen LogP contribution >= 0.6 is 23.2 Å². The molecule has 3 atom stereocenters. The fraction of sp³-hybridized carbons (Fsp3) is 0.395. The van der Waals surface area contributed by atoms with Gasteiger partial charge in [-0.2, -0.15) is 0 Å². The van der Waals surface area contributed by atoms with E-state index >= 15 is 0 Å². The van der Waals surface area contributed by atoms with Crippen molar-refractivity contribution in [2.45, 2.75) is 142 Å². The van der Waals surface area contributed by atoms with Crippen LogP contribution in [-0.2, 0) is 101 Å². The molecule has 0 fully saturated rings. The lowest BCUT2D eigenvalue weighted by molar-refractivity contribution is 0.0380. The molecule has 12 heterocycles. The Bertz CT molecular complexity index is 4770. The van der Waals surface area contributed by atoms with Crippen LogP contribution in [0.1, 0.15) is 105 Å². The van der Waals surface area contributed by atoms with Crippen molar-refractivity contribution in [3.8, 4) is 0 Å². The van der Waals surface area contributed by atoms with Crippen LogP contribution in [0.2, 0.25) is 10.0 Å². The number of para-hydroxylation sites is 1. The molecule has 3 unspecified atom stereocenters. The predicted octanol–water partition coefficient (Wildman–Crippen LogP) is 14.5. The normalized spacial score (nSPS) is 17.1. The molecule has 538 valence electrons. The monoisotopic (exact) mass is 1420 g/mol. The number of aryl methyl sites for hydroxylation is 5. The summed E-state index contributed by atoms with van der Waals surface area (Å²) in [5.74, 6) is 0. The highest BCUT2D eigenvalue weighted by Gasteiger charge is 2.33. The Labute approximate surface area is 618 Å². The summed E-state index contributed by atoms with van der Waals surface area (Å²) in [6.07, 6.45) is 21.7. The number of hydrogen-bond acceptors (Lipinski definition) is 11. The molecular formula is C86H102Cl2N12O3. The highest BCUT2D eigenvalue weighted by atomic mass is 35.5. The van der Waals surface area contributed by atoms with E-state index in [2.05, 4.69) is 173 Å². The third-order valence-electron chi connectivity index (χ3n) is 22.2. The average Bonchev–Trinajstić information content (AvgIpc) is 1.63. The number of aromatic nitrogens is 8. The molecule has 3 N–H and O–H groups in total. The molecule has 0 aliphatic carbocycles. The third kappa shape index (κ3) is 16.1. The third-order valence-corrected chi connectivity index (χ3v) is 22.8. The zero-order chi connectivity index (χ0) is 72.3. The second-order valence-corrected chi connectivity index (χ2v) is 31.0. The molecule has 0 bridgehead atoms. The van der Waals surface area contributed by atoms with Crippen molar-refractivity contribution in [3.05, 3.63) is 259 Å². The minimum Gasteiger partial charge on any atom is -0.384 e. The van der Waals surface area contributed by atoms with E-state index in [9.17, 15) is 15.3 Å². The average molecular weight is 1420 g/mol. The standard InChI is InChI=1S/2C22H27N3O.C21H23Cl2N3.C21H25N3O/c1-16-4-5-20-19(14-16)18-8-12-24(3)13-9-21(18)25(20)15-22(2,26)17-6-10-23-11-7-17;1-16-6-7-20-19(13-16)18-8-11-24(3)12-9-21(18)25(20)15-22(2,26)17-5-4-10-23-14-17;1-14-3-4-15(13-24-14)7-12-26-19-9-11-25(2)10-8-16(19)20-17(22)5-6-18(23)21(20)26;1-21(25,16-6-5-11-22-14-16)15-24-19-8-4-3-7-17(19)18-9-12-23(2)13-10-20(18)24/h4-7,10-11,14,26H,8-9,12-13,15H2,1-3H3;4-7,10,13-14,26H,8-9,11-12,15H2,1-3H3;3-6,13H,7-12H2,1-2H3;3-8,11,14,25H,9-10,12-13,15H2,1-2H3. The first-order chi connectivity index (χ1) is 49.5. The first-order valence-corrected chi connectivity index (χ1v) is 37.6. The number of likely N-dealkylation sites (N-methyl/N-ethyl adjacent to an activating group) is 4. The van der Waals surface area contributed by atoms with E-state index in [0.717, 1.165) is 160 Å². The van der Waals surface area contributed by atoms with Gasteiger partial charge in [0.15, 0.2) is 0 Å². The molecule has 0 amide bonds. The van der Waals surface area contributed by atoms with Gasteiger partial charge < -0.3 is 53.2 Å². The summed E-state index contributed by atoms with van der Waals surface area (Å²) in [5.41, 5.74) is 20.6. The van der Waals surface area contributed by atoms with E-state index in [1.54, 1.807) is 37.2 Å². The van der Waals surface area contributed by atoms with E-state index in [1.807, 2.05) is 82.4 Å². The molecule has 12 aromatic rings. The smallest absolute Gasteiger partial charge is 0.106 e. The first-order valence-electron chi connectivity index (χ1n) is 36.8. The minimum absolute atomic E-state index is 0.539. The van der Waals surface area contributed by atoms with E-state index in [1.165, 1.54) is 94.4 Å². The largest absolute Gasteiger partial charge is 0.384 e. The zero-order valence-corrected chi connectivity index (χ0v) is 63.4. The Morgan fingerprint density at radius 1 is 0.398 bits per heavy atom. The first kappa shape index (κ1) is 73.3. The lowest BCUT2D eigenvalue weighted by Crippen LogP contribution is -2.29. The van der Waals surface area contributed by atoms with Gasteiger partial charge in [-0.25, -0.2) is 0 Å². The summed E-state index contributed by atoms with van der Waals surface area (Å²) < 4.78 is 9.43. The van der Waals surface area contributed by atoms with Crippen LogP contribution in [0.15, 0.2) is 165 Å². The molecule has 8 aromatic heterocycles. The number of nitrogens with zero attached hydrogens (tertiary/aromatic N) is 12. The zero-order valence-electron chi connectivity index (χ0n) is 61.9. The number of pyridine rings is 4. The van der Waals surface area contributed by atoms with Gasteiger partial charge in [0, 0.05) is 206 Å². The molecule has 0 spiro atoms. The van der Waals surface area contributed by atoms with Crippen molar-refractivity contribution in [1.29, 1.82) is 0 Å². The number of rotatable bonds is 12. The van der Waals surface area contributed by atoms with Crippen molar-refractivity contribution in [1.82, 2.24) is 57.8 Å². The summed E-state index contributed by atoms with van der Waals surface area (Å²) >= 11 is 13.2. The Morgan fingerprint density at radius 3 is 1.29 bits per heavy atom. The van der Waals surface area contributed by atoms with Crippen LogP contribution < -0.4 is 0 Å². The number of benzene rings is 4. The molecule has 0 saturated carbocycles. The molecule has 4 aromatic carbocycles. The molecule has 17 heteroatoms. The SMILES string of the molecule is CN1CCc2c(n(CC(C)(O)c3cccnc3)c3ccccc23)CC1.Cc1ccc(CCn2c3c(c4c(Cl)ccc(Cl)c42)CCN(C)CC3)cn1.Cc1ccc2c(c1)c1c(n2CC(C)(O)c2cccnc2)CCN(C)CC1.Cc1ccc2c(c1)c1c(n2CC(C)(O)c2ccncc2)CCN(C)CC1. The number of fused-ring (bicyclic) bond motifs is 12. The fourth-order valence-corrected chi connectivity index (χ4v) is 16.7. The van der Waals surface area contributed by atoms with E-state index < -0.39 is 16.8 Å². The lowest BCUT2D eigenvalue weighted by atomic mass is 9.97. The summed E-state index contributed by atoms with van der Waals surface area (Å²) in [7, 11) is 8.75. The Morgan fingerprint density at radius 2 is 0.825 bits per heavy atom. The molecule has 4 aliphatic heterocycles. The van der Waals surface area contributed by atoms with Gasteiger partial charge in [-0.15, -0.1) is 0 Å². The maximum Gasteiger partial charge on any atom is 0.106 e. The summed E-state index contributed by atoms with van der Waals surface area (Å²) in [6.45, 7) is 23.0. The minimum atomic E-state index is -0.961. The second-order valence-electron chi connectivity index (χ2n) is 30.2. The van der Waals surface area contributed by atoms with Gasteiger partial charge in [0.2, 0.25) is 0 Å². The summed E-state index contributed by atoms with van der Waals surface area (Å²) in [6, 6.07) is 41.5. The van der Waals surface area contributed by atoms with Gasteiger partial charge in [-0.05, 0) is 208 Å². The van der Waals surface area contributed by atoms with Crippen LogP contribution in [0.4, 0.5) is 0 Å². The molecule has 103 heavy (non-hydrogen) atoms. The van der Waals surface area contributed by atoms with Crippen molar-refractivity contribution < 1.29 is 15.3 Å². The molecule has 0 radical (unpaired) electrons. The van der Waals surface area contributed by atoms with Gasteiger partial charge in [0.25, 0.3) is 0 Å². The van der Waals surface area contributed by atoms with Gasteiger partial charge in [-0.3, -0.25) is 19.9 Å². The molecule has 0 saturated heterocycles. The second kappa shape index (κ2) is 31.3. The summed E-state index contributed by atoms with van der Waals surface area (Å²) in [5, 5.41) is 40.4. The predicted molar refractivity (Wildman–Crippen MR) is 421 cm³/mol.